The molecule has 2 N–H and O–H groups in total. The van der Waals surface area contributed by atoms with E-state index < -0.39 is 0 Å². The summed E-state index contributed by atoms with van der Waals surface area (Å²) < 4.78 is 6.18. The van der Waals surface area contributed by atoms with Crippen LogP contribution in [0.25, 0.3) is 0 Å². The lowest BCUT2D eigenvalue weighted by atomic mass is 9.85. The average Bonchev–Trinajstić information content (AvgIpc) is 2.18. The minimum atomic E-state index is -0.122. The highest BCUT2D eigenvalue weighted by Gasteiger charge is 2.21. The zero-order chi connectivity index (χ0) is 11.5. The lowest BCUT2D eigenvalue weighted by Gasteiger charge is -2.24. The van der Waals surface area contributed by atoms with Gasteiger partial charge in [0.15, 0.2) is 0 Å². The van der Waals surface area contributed by atoms with Crippen LogP contribution >= 0.6 is 15.9 Å². The van der Waals surface area contributed by atoms with E-state index in [2.05, 4.69) is 29.8 Å². The molecule has 84 valence electrons. The van der Waals surface area contributed by atoms with Crippen molar-refractivity contribution in [1.29, 1.82) is 0 Å². The minimum Gasteiger partial charge on any atom is -0.496 e. The maximum Gasteiger partial charge on any atom is 0.133 e. The molecule has 0 atom stereocenters. The number of benzene rings is 1. The van der Waals surface area contributed by atoms with Gasteiger partial charge in [0.05, 0.1) is 18.2 Å². The first kappa shape index (κ1) is 12.5. The third-order valence-corrected chi connectivity index (χ3v) is 3.03. The van der Waals surface area contributed by atoms with Gasteiger partial charge >= 0.3 is 0 Å². The van der Waals surface area contributed by atoms with Crippen LogP contribution in [0.1, 0.15) is 19.4 Å². The molecule has 1 aromatic carbocycles. The fourth-order valence-electron chi connectivity index (χ4n) is 1.37. The molecule has 0 saturated carbocycles. The van der Waals surface area contributed by atoms with Crippen molar-refractivity contribution in [2.45, 2.75) is 19.3 Å². The van der Waals surface area contributed by atoms with Gasteiger partial charge in [0.1, 0.15) is 5.75 Å². The number of halogens is 1. The van der Waals surface area contributed by atoms with Gasteiger partial charge < -0.3 is 9.57 Å². The summed E-state index contributed by atoms with van der Waals surface area (Å²) >= 11 is 3.42. The Hall–Kier alpha value is -0.580. The summed E-state index contributed by atoms with van der Waals surface area (Å²) in [5.74, 6) is 5.93. The monoisotopic (exact) mass is 273 g/mol. The molecule has 3 nitrogen and oxygen atoms in total. The van der Waals surface area contributed by atoms with E-state index in [0.29, 0.717) is 6.61 Å². The van der Waals surface area contributed by atoms with Gasteiger partial charge in [-0.2, -0.15) is 0 Å². The molecule has 15 heavy (non-hydrogen) atoms. The Kier molecular flexibility index (Phi) is 4.13. The molecule has 0 spiro atoms. The summed E-state index contributed by atoms with van der Waals surface area (Å²) in [4.78, 5) is 4.71. The minimum absolute atomic E-state index is 0.122. The van der Waals surface area contributed by atoms with Crippen LogP contribution in [-0.4, -0.2) is 13.7 Å². The van der Waals surface area contributed by atoms with E-state index in [1.165, 1.54) is 0 Å². The molecule has 0 aliphatic carbocycles. The van der Waals surface area contributed by atoms with E-state index in [4.69, 9.17) is 15.5 Å². The highest BCUT2D eigenvalue weighted by molar-refractivity contribution is 9.10. The molecule has 0 amide bonds. The summed E-state index contributed by atoms with van der Waals surface area (Å²) in [6.45, 7) is 4.61. The van der Waals surface area contributed by atoms with Crippen LogP contribution in [0, 0.1) is 0 Å². The van der Waals surface area contributed by atoms with E-state index in [-0.39, 0.29) is 5.41 Å². The summed E-state index contributed by atoms with van der Waals surface area (Å²) in [5, 5.41) is 0. The Morgan fingerprint density at radius 3 is 2.60 bits per heavy atom. The smallest absolute Gasteiger partial charge is 0.133 e. The molecular weight excluding hydrogens is 258 g/mol. The fraction of sp³-hybridized carbons (Fsp3) is 0.455. The summed E-state index contributed by atoms with van der Waals surface area (Å²) in [6.07, 6.45) is 0. The lowest BCUT2D eigenvalue weighted by molar-refractivity contribution is 0.0963. The molecule has 0 saturated heterocycles. The number of hydrogen-bond acceptors (Lipinski definition) is 3. The number of ether oxygens (including phenoxy) is 1. The van der Waals surface area contributed by atoms with Crippen molar-refractivity contribution in [2.75, 3.05) is 13.7 Å². The van der Waals surface area contributed by atoms with E-state index in [9.17, 15) is 0 Å². The zero-order valence-electron chi connectivity index (χ0n) is 9.21. The van der Waals surface area contributed by atoms with Crippen LogP contribution in [0.15, 0.2) is 22.7 Å². The van der Waals surface area contributed by atoms with Gasteiger partial charge in [0.25, 0.3) is 0 Å². The normalized spacial score (nSPS) is 11.5. The van der Waals surface area contributed by atoms with E-state index in [1.807, 2.05) is 18.2 Å². The Labute approximate surface area is 98.6 Å². The van der Waals surface area contributed by atoms with E-state index >= 15 is 0 Å². The maximum absolute atomic E-state index is 5.24. The van der Waals surface area contributed by atoms with Crippen LogP contribution in [0.4, 0.5) is 0 Å². The van der Waals surface area contributed by atoms with Crippen molar-refractivity contribution in [1.82, 2.24) is 0 Å². The van der Waals surface area contributed by atoms with Crippen LogP contribution in [-0.2, 0) is 10.3 Å². The van der Waals surface area contributed by atoms with Gasteiger partial charge in [0.2, 0.25) is 0 Å². The quantitative estimate of drug-likeness (QED) is 0.858. The molecule has 0 bridgehead atoms. The molecule has 0 heterocycles. The highest BCUT2D eigenvalue weighted by Crippen LogP contribution is 2.31. The lowest BCUT2D eigenvalue weighted by Crippen LogP contribution is -2.26. The number of methoxy groups -OCH3 is 1. The second-order valence-electron chi connectivity index (χ2n) is 4.04. The number of rotatable bonds is 4. The molecule has 0 aliphatic rings. The van der Waals surface area contributed by atoms with Gasteiger partial charge in [0, 0.05) is 5.41 Å². The van der Waals surface area contributed by atoms with Gasteiger partial charge in [-0.1, -0.05) is 19.9 Å². The largest absolute Gasteiger partial charge is 0.496 e. The van der Waals surface area contributed by atoms with Gasteiger partial charge in [-0.25, -0.2) is 5.90 Å². The van der Waals surface area contributed by atoms with Crippen molar-refractivity contribution in [3.8, 4) is 5.75 Å². The van der Waals surface area contributed by atoms with Gasteiger partial charge in [-0.05, 0) is 33.6 Å². The third-order valence-electron chi connectivity index (χ3n) is 2.38. The Bertz CT molecular complexity index is 339. The van der Waals surface area contributed by atoms with Crippen LogP contribution in [0.2, 0.25) is 0 Å². The molecule has 0 radical (unpaired) electrons. The standard InChI is InChI=1S/C11H16BrNO2/c1-11(2,7-15-13)8-4-5-9(12)10(6-8)14-3/h4-6H,7,13H2,1-3H3. The van der Waals surface area contributed by atoms with Crippen molar-refractivity contribution < 1.29 is 9.57 Å². The first-order valence-electron chi connectivity index (χ1n) is 4.67. The van der Waals surface area contributed by atoms with E-state index in [0.717, 1.165) is 15.8 Å². The molecule has 0 unspecified atom stereocenters. The maximum atomic E-state index is 5.24. The SMILES string of the molecule is COc1cc(C(C)(C)CON)ccc1Br. The molecule has 1 rings (SSSR count). The summed E-state index contributed by atoms with van der Waals surface area (Å²) in [5.41, 5.74) is 1.01. The Morgan fingerprint density at radius 1 is 1.40 bits per heavy atom. The third kappa shape index (κ3) is 2.93. The molecular formula is C11H16BrNO2. The van der Waals surface area contributed by atoms with Crippen molar-refractivity contribution in [3.05, 3.63) is 28.2 Å². The van der Waals surface area contributed by atoms with Gasteiger partial charge in [-0.3, -0.25) is 0 Å². The number of hydrogen-bond donors (Lipinski definition) is 1. The topological polar surface area (TPSA) is 44.5 Å². The van der Waals surface area contributed by atoms with E-state index in [1.54, 1.807) is 7.11 Å². The van der Waals surface area contributed by atoms with Crippen molar-refractivity contribution in [2.24, 2.45) is 5.90 Å². The zero-order valence-corrected chi connectivity index (χ0v) is 10.8. The predicted octanol–water partition coefficient (Wildman–Crippen LogP) is 2.63. The first-order valence-corrected chi connectivity index (χ1v) is 5.46. The average molecular weight is 274 g/mol. The van der Waals surface area contributed by atoms with Crippen LogP contribution < -0.4 is 10.6 Å². The Balaban J connectivity index is 3.04. The molecule has 0 aromatic heterocycles. The van der Waals surface area contributed by atoms with Crippen LogP contribution in [0.5, 0.6) is 5.75 Å². The summed E-state index contributed by atoms with van der Waals surface area (Å²) in [6, 6.07) is 5.99. The molecule has 1 aromatic rings. The first-order chi connectivity index (χ1) is 7.01. The molecule has 4 heteroatoms. The predicted molar refractivity (Wildman–Crippen MR) is 63.9 cm³/mol. The Morgan fingerprint density at radius 2 is 2.07 bits per heavy atom. The molecule has 0 aliphatic heterocycles. The number of nitrogens with two attached hydrogens (primary N) is 1. The fourth-order valence-corrected chi connectivity index (χ4v) is 1.78. The second-order valence-corrected chi connectivity index (χ2v) is 4.90. The van der Waals surface area contributed by atoms with Crippen molar-refractivity contribution in [3.63, 3.8) is 0 Å². The van der Waals surface area contributed by atoms with Gasteiger partial charge in [-0.15, -0.1) is 0 Å². The molecule has 0 fully saturated rings. The summed E-state index contributed by atoms with van der Waals surface area (Å²) in [7, 11) is 1.65. The highest BCUT2D eigenvalue weighted by atomic mass is 79.9. The second kappa shape index (κ2) is 4.96. The van der Waals surface area contributed by atoms with Crippen molar-refractivity contribution >= 4 is 15.9 Å². The van der Waals surface area contributed by atoms with Crippen LogP contribution in [0.3, 0.4) is 0 Å².